The van der Waals surface area contributed by atoms with E-state index in [2.05, 4.69) is 10.1 Å². The standard InChI is InChI=1S/C18H21NO4/c20-16(19-10-4-7-12-5-2-1-3-6-12)13-8-9-14-15(11-13)18(22)23-17(14)21/h8-9,11-12H,1-7,10H2,(H,19,20). The van der Waals surface area contributed by atoms with Crippen molar-refractivity contribution in [2.45, 2.75) is 44.9 Å². The zero-order valence-electron chi connectivity index (χ0n) is 13.1. The molecule has 0 spiro atoms. The minimum atomic E-state index is -0.683. The lowest BCUT2D eigenvalue weighted by Gasteiger charge is -2.21. The summed E-state index contributed by atoms with van der Waals surface area (Å²) in [5, 5.41) is 2.88. The summed E-state index contributed by atoms with van der Waals surface area (Å²) in [5.74, 6) is -0.744. The van der Waals surface area contributed by atoms with Crippen LogP contribution in [-0.4, -0.2) is 24.4 Å². The van der Waals surface area contributed by atoms with Crippen molar-refractivity contribution in [3.63, 3.8) is 0 Å². The fraction of sp³-hybridized carbons (Fsp3) is 0.500. The van der Waals surface area contributed by atoms with E-state index in [1.54, 1.807) is 6.07 Å². The molecule has 1 fully saturated rings. The third-order valence-corrected chi connectivity index (χ3v) is 4.71. The van der Waals surface area contributed by atoms with Gasteiger partial charge in [-0.2, -0.15) is 0 Å². The van der Waals surface area contributed by atoms with Gasteiger partial charge in [-0.3, -0.25) is 4.79 Å². The molecule has 0 atom stereocenters. The van der Waals surface area contributed by atoms with Crippen molar-refractivity contribution in [1.29, 1.82) is 0 Å². The van der Waals surface area contributed by atoms with Crippen molar-refractivity contribution in [2.75, 3.05) is 6.54 Å². The molecule has 0 radical (unpaired) electrons. The largest absolute Gasteiger partial charge is 0.386 e. The smallest absolute Gasteiger partial charge is 0.346 e. The number of esters is 2. The van der Waals surface area contributed by atoms with Gasteiger partial charge >= 0.3 is 11.9 Å². The molecule has 2 aliphatic rings. The van der Waals surface area contributed by atoms with Crippen LogP contribution in [0.4, 0.5) is 0 Å². The quantitative estimate of drug-likeness (QED) is 0.515. The lowest BCUT2D eigenvalue weighted by atomic mass is 9.86. The first-order chi connectivity index (χ1) is 11.1. The van der Waals surface area contributed by atoms with Crippen LogP contribution in [0, 0.1) is 5.92 Å². The maximum atomic E-state index is 12.1. The number of carbonyl (C=O) groups is 3. The SMILES string of the molecule is O=C(NCCCC1CCCCC1)c1ccc2c(c1)C(=O)OC2=O. The average molecular weight is 315 g/mol. The van der Waals surface area contributed by atoms with E-state index in [1.807, 2.05) is 0 Å². The van der Waals surface area contributed by atoms with Gasteiger partial charge in [0.05, 0.1) is 11.1 Å². The van der Waals surface area contributed by atoms with E-state index in [0.717, 1.165) is 18.8 Å². The molecule has 1 saturated carbocycles. The highest BCUT2D eigenvalue weighted by atomic mass is 16.6. The summed E-state index contributed by atoms with van der Waals surface area (Å²) < 4.78 is 4.52. The molecule has 1 aromatic rings. The van der Waals surface area contributed by atoms with Gasteiger partial charge in [0.25, 0.3) is 5.91 Å². The number of carbonyl (C=O) groups excluding carboxylic acids is 3. The van der Waals surface area contributed by atoms with Gasteiger partial charge in [-0.25, -0.2) is 9.59 Å². The van der Waals surface area contributed by atoms with Crippen LogP contribution in [0.2, 0.25) is 0 Å². The van der Waals surface area contributed by atoms with E-state index in [0.29, 0.717) is 12.1 Å². The second-order valence-electron chi connectivity index (χ2n) is 6.34. The summed E-state index contributed by atoms with van der Waals surface area (Å²) in [6, 6.07) is 4.45. The van der Waals surface area contributed by atoms with Gasteiger partial charge in [0.2, 0.25) is 0 Å². The Labute approximate surface area is 135 Å². The molecule has 1 aliphatic carbocycles. The zero-order chi connectivity index (χ0) is 16.2. The lowest BCUT2D eigenvalue weighted by Crippen LogP contribution is -2.25. The Balaban J connectivity index is 1.50. The minimum absolute atomic E-state index is 0.171. The van der Waals surface area contributed by atoms with Gasteiger partial charge in [-0.05, 0) is 37.0 Å². The molecule has 1 amide bonds. The minimum Gasteiger partial charge on any atom is -0.386 e. The van der Waals surface area contributed by atoms with Gasteiger partial charge in [0.1, 0.15) is 0 Å². The number of hydrogen-bond acceptors (Lipinski definition) is 4. The summed E-state index contributed by atoms with van der Waals surface area (Å²) in [7, 11) is 0. The second-order valence-corrected chi connectivity index (χ2v) is 6.34. The Bertz CT molecular complexity index is 632. The molecule has 5 heteroatoms. The molecule has 0 saturated heterocycles. The van der Waals surface area contributed by atoms with Crippen molar-refractivity contribution in [3.05, 3.63) is 34.9 Å². The normalized spacial score (nSPS) is 17.7. The van der Waals surface area contributed by atoms with Crippen LogP contribution in [0.15, 0.2) is 18.2 Å². The Morgan fingerprint density at radius 1 is 1.09 bits per heavy atom. The summed E-state index contributed by atoms with van der Waals surface area (Å²) in [5.41, 5.74) is 0.779. The van der Waals surface area contributed by atoms with Crippen LogP contribution >= 0.6 is 0 Å². The molecule has 0 aromatic heterocycles. The van der Waals surface area contributed by atoms with E-state index in [9.17, 15) is 14.4 Å². The number of nitrogens with one attached hydrogen (secondary N) is 1. The topological polar surface area (TPSA) is 72.5 Å². The predicted octanol–water partition coefficient (Wildman–Crippen LogP) is 3.09. The Morgan fingerprint density at radius 2 is 1.83 bits per heavy atom. The van der Waals surface area contributed by atoms with Gasteiger partial charge in [0, 0.05) is 12.1 Å². The van der Waals surface area contributed by atoms with Gasteiger partial charge in [-0.1, -0.05) is 32.1 Å². The van der Waals surface area contributed by atoms with Gasteiger partial charge < -0.3 is 10.1 Å². The van der Waals surface area contributed by atoms with E-state index >= 15 is 0 Å². The summed E-state index contributed by atoms with van der Waals surface area (Å²) in [6.07, 6.45) is 8.79. The lowest BCUT2D eigenvalue weighted by molar-refractivity contribution is 0.0443. The molecular weight excluding hydrogens is 294 g/mol. The predicted molar refractivity (Wildman–Crippen MR) is 84.3 cm³/mol. The van der Waals surface area contributed by atoms with Gasteiger partial charge in [-0.15, -0.1) is 0 Å². The van der Waals surface area contributed by atoms with Gasteiger partial charge in [0.15, 0.2) is 0 Å². The van der Waals surface area contributed by atoms with E-state index < -0.39 is 11.9 Å². The van der Waals surface area contributed by atoms with Crippen molar-refractivity contribution in [2.24, 2.45) is 5.92 Å². The molecule has 122 valence electrons. The molecular formula is C18H21NO4. The van der Waals surface area contributed by atoms with Crippen LogP contribution in [0.3, 0.4) is 0 Å². The monoisotopic (exact) mass is 315 g/mol. The Morgan fingerprint density at radius 3 is 2.61 bits per heavy atom. The number of fused-ring (bicyclic) bond motifs is 1. The average Bonchev–Trinajstić information content (AvgIpc) is 2.86. The van der Waals surface area contributed by atoms with E-state index in [-0.39, 0.29) is 17.0 Å². The zero-order valence-corrected chi connectivity index (χ0v) is 13.1. The number of ether oxygens (including phenoxy) is 1. The fourth-order valence-corrected chi connectivity index (χ4v) is 3.40. The number of amides is 1. The number of benzene rings is 1. The summed E-state index contributed by atoms with van der Waals surface area (Å²) in [4.78, 5) is 35.0. The molecule has 0 bridgehead atoms. The highest BCUT2D eigenvalue weighted by Crippen LogP contribution is 2.27. The van der Waals surface area contributed by atoms with E-state index in [4.69, 9.17) is 0 Å². The number of cyclic esters (lactones) is 2. The first-order valence-electron chi connectivity index (χ1n) is 8.34. The number of rotatable bonds is 5. The molecule has 0 unspecified atom stereocenters. The molecule has 1 heterocycles. The maximum absolute atomic E-state index is 12.1. The maximum Gasteiger partial charge on any atom is 0.346 e. The molecule has 1 aromatic carbocycles. The van der Waals surface area contributed by atoms with Crippen molar-refractivity contribution in [3.8, 4) is 0 Å². The van der Waals surface area contributed by atoms with Crippen LogP contribution < -0.4 is 5.32 Å². The second kappa shape index (κ2) is 6.94. The molecule has 1 aliphatic heterocycles. The fourth-order valence-electron chi connectivity index (χ4n) is 3.40. The summed E-state index contributed by atoms with van der Waals surface area (Å²) in [6.45, 7) is 0.635. The molecule has 23 heavy (non-hydrogen) atoms. The van der Waals surface area contributed by atoms with Crippen LogP contribution in [-0.2, 0) is 4.74 Å². The first kappa shape index (κ1) is 15.7. The highest BCUT2D eigenvalue weighted by Gasteiger charge is 2.30. The summed E-state index contributed by atoms with van der Waals surface area (Å²) >= 11 is 0. The number of hydrogen-bond donors (Lipinski definition) is 1. The van der Waals surface area contributed by atoms with Crippen LogP contribution in [0.5, 0.6) is 0 Å². The molecule has 5 nitrogen and oxygen atoms in total. The van der Waals surface area contributed by atoms with Crippen molar-refractivity contribution >= 4 is 17.8 Å². The van der Waals surface area contributed by atoms with E-state index in [1.165, 1.54) is 44.2 Å². The van der Waals surface area contributed by atoms with Crippen molar-refractivity contribution < 1.29 is 19.1 Å². The third-order valence-electron chi connectivity index (χ3n) is 4.71. The van der Waals surface area contributed by atoms with Crippen LogP contribution in [0.1, 0.15) is 76.0 Å². The van der Waals surface area contributed by atoms with Crippen LogP contribution in [0.25, 0.3) is 0 Å². The third kappa shape index (κ3) is 3.60. The van der Waals surface area contributed by atoms with Crippen molar-refractivity contribution in [1.82, 2.24) is 5.32 Å². The molecule has 1 N–H and O–H groups in total. The Hall–Kier alpha value is -2.17. The highest BCUT2D eigenvalue weighted by molar-refractivity contribution is 6.15. The Kier molecular flexibility index (Phi) is 4.74. The molecule has 3 rings (SSSR count). The first-order valence-corrected chi connectivity index (χ1v) is 8.34.